The summed E-state index contributed by atoms with van der Waals surface area (Å²) in [7, 11) is 0. The summed E-state index contributed by atoms with van der Waals surface area (Å²) < 4.78 is 82.4. The zero-order valence-electron chi connectivity index (χ0n) is 17.8. The van der Waals surface area contributed by atoms with E-state index in [0.29, 0.717) is 36.2 Å². The van der Waals surface area contributed by atoms with Gasteiger partial charge in [0.25, 0.3) is 5.56 Å². The Morgan fingerprint density at radius 2 is 1.68 bits per heavy atom. The van der Waals surface area contributed by atoms with Gasteiger partial charge in [-0.15, -0.1) is 0 Å². The van der Waals surface area contributed by atoms with Gasteiger partial charge in [-0.25, -0.2) is 14.6 Å². The number of hydrogen-bond donors (Lipinski definition) is 0. The fourth-order valence-corrected chi connectivity index (χ4v) is 3.23. The summed E-state index contributed by atoms with van der Waals surface area (Å²) in [6.45, 7) is 2.32. The molecule has 1 aliphatic heterocycles. The van der Waals surface area contributed by atoms with Crippen LogP contribution in [0.5, 0.6) is 0 Å². The Kier molecular flexibility index (Phi) is 7.43. The van der Waals surface area contributed by atoms with Gasteiger partial charge < -0.3 is 14.5 Å². The van der Waals surface area contributed by atoms with Crippen molar-refractivity contribution in [2.75, 3.05) is 37.7 Å². The second kappa shape index (κ2) is 9.95. The van der Waals surface area contributed by atoms with Crippen LogP contribution in [0.25, 0.3) is 0 Å². The van der Waals surface area contributed by atoms with E-state index in [1.54, 1.807) is 4.90 Å². The number of halogens is 6. The van der Waals surface area contributed by atoms with Gasteiger partial charge in [-0.1, -0.05) is 0 Å². The number of anilines is 1. The summed E-state index contributed by atoms with van der Waals surface area (Å²) in [5.74, 6) is -0.166. The van der Waals surface area contributed by atoms with E-state index in [1.165, 1.54) is 11.8 Å². The van der Waals surface area contributed by atoms with Crippen molar-refractivity contribution in [1.29, 1.82) is 0 Å². The Hall–Kier alpha value is -3.23. The van der Waals surface area contributed by atoms with E-state index in [0.717, 1.165) is 6.20 Å². The molecule has 1 unspecified atom stereocenters. The van der Waals surface area contributed by atoms with Crippen molar-refractivity contribution in [3.8, 4) is 0 Å². The van der Waals surface area contributed by atoms with Crippen molar-refractivity contribution in [3.63, 3.8) is 0 Å². The number of nitrogens with zero attached hydrogens (tertiary/aromatic N) is 6. The molecule has 15 heteroatoms. The molecule has 3 rings (SSSR count). The molecule has 1 fully saturated rings. The van der Waals surface area contributed by atoms with Crippen LogP contribution in [-0.4, -0.2) is 63.3 Å². The predicted molar refractivity (Wildman–Crippen MR) is 105 cm³/mol. The first-order valence-corrected chi connectivity index (χ1v) is 10.1. The Morgan fingerprint density at radius 1 is 1.06 bits per heavy atom. The van der Waals surface area contributed by atoms with E-state index >= 15 is 0 Å². The summed E-state index contributed by atoms with van der Waals surface area (Å²) in [6.07, 6.45) is -8.34. The van der Waals surface area contributed by atoms with Crippen LogP contribution in [0.15, 0.2) is 29.5 Å². The van der Waals surface area contributed by atoms with Gasteiger partial charge in [0.15, 0.2) is 6.23 Å². The van der Waals surface area contributed by atoms with E-state index in [-0.39, 0.29) is 38.0 Å². The summed E-state index contributed by atoms with van der Waals surface area (Å²) >= 11 is 0. The van der Waals surface area contributed by atoms with Crippen LogP contribution in [0, 0.1) is 0 Å². The lowest BCUT2D eigenvalue weighted by atomic mass is 10.3. The maximum absolute atomic E-state index is 12.9. The van der Waals surface area contributed by atoms with Gasteiger partial charge in [0, 0.05) is 44.8 Å². The van der Waals surface area contributed by atoms with E-state index in [2.05, 4.69) is 15.1 Å². The number of carbonyl (C=O) groups is 1. The van der Waals surface area contributed by atoms with Crippen LogP contribution in [0.4, 0.5) is 32.3 Å². The molecule has 2 aromatic rings. The first-order valence-electron chi connectivity index (χ1n) is 10.1. The molecular formula is C19H20F6N6O3. The Morgan fingerprint density at radius 3 is 2.24 bits per heavy atom. The van der Waals surface area contributed by atoms with Gasteiger partial charge in [-0.05, 0) is 13.0 Å². The SMILES string of the molecule is CC(OCCC(=O)N1CCN(c2ncc(C(F)(F)F)cn2)CC1)n1nccc(C(F)(F)F)c1=O. The lowest BCUT2D eigenvalue weighted by Crippen LogP contribution is -2.49. The van der Waals surface area contributed by atoms with Gasteiger partial charge >= 0.3 is 12.4 Å². The average molecular weight is 494 g/mol. The molecule has 1 amide bonds. The van der Waals surface area contributed by atoms with Crippen molar-refractivity contribution in [2.24, 2.45) is 0 Å². The standard InChI is InChI=1S/C19H20F6N6O3/c1-12(31-16(33)14(2-4-28-31)19(23,24)25)34-9-3-15(32)29-5-7-30(8-6-29)17-26-10-13(11-27-17)18(20,21)22/h2,4,10-12H,3,5-9H2,1H3. The molecule has 0 aromatic carbocycles. The molecule has 0 bridgehead atoms. The van der Waals surface area contributed by atoms with Gasteiger partial charge in [-0.3, -0.25) is 9.59 Å². The van der Waals surface area contributed by atoms with E-state index in [1.807, 2.05) is 0 Å². The topological polar surface area (TPSA) is 93.4 Å². The highest BCUT2D eigenvalue weighted by molar-refractivity contribution is 5.76. The van der Waals surface area contributed by atoms with Crippen molar-refractivity contribution in [1.82, 2.24) is 24.6 Å². The predicted octanol–water partition coefficient (Wildman–Crippen LogP) is 2.34. The zero-order chi connectivity index (χ0) is 25.1. The monoisotopic (exact) mass is 494 g/mol. The van der Waals surface area contributed by atoms with Crippen LogP contribution in [-0.2, 0) is 21.9 Å². The van der Waals surface area contributed by atoms with Crippen LogP contribution in [0.1, 0.15) is 30.7 Å². The molecular weight excluding hydrogens is 474 g/mol. The average Bonchev–Trinajstić information content (AvgIpc) is 2.78. The highest BCUT2D eigenvalue weighted by atomic mass is 19.4. The quantitative estimate of drug-likeness (QED) is 0.570. The zero-order valence-corrected chi connectivity index (χ0v) is 17.8. The molecule has 186 valence electrons. The fourth-order valence-electron chi connectivity index (χ4n) is 3.23. The first kappa shape index (κ1) is 25.4. The number of rotatable bonds is 6. The maximum Gasteiger partial charge on any atom is 0.421 e. The molecule has 1 atom stereocenters. The van der Waals surface area contributed by atoms with Crippen LogP contribution < -0.4 is 10.5 Å². The minimum Gasteiger partial charge on any atom is -0.356 e. The van der Waals surface area contributed by atoms with Crippen LogP contribution in [0.2, 0.25) is 0 Å². The number of piperazine rings is 1. The highest BCUT2D eigenvalue weighted by Crippen LogP contribution is 2.28. The Balaban J connectivity index is 1.47. The number of alkyl halides is 6. The highest BCUT2D eigenvalue weighted by Gasteiger charge is 2.35. The third-order valence-electron chi connectivity index (χ3n) is 5.08. The van der Waals surface area contributed by atoms with Crippen molar-refractivity contribution in [2.45, 2.75) is 31.9 Å². The molecule has 34 heavy (non-hydrogen) atoms. The number of hydrogen-bond acceptors (Lipinski definition) is 7. The smallest absolute Gasteiger partial charge is 0.356 e. The summed E-state index contributed by atoms with van der Waals surface area (Å²) in [5, 5.41) is 3.60. The number of aromatic nitrogens is 4. The number of amides is 1. The largest absolute Gasteiger partial charge is 0.421 e. The summed E-state index contributed by atoms with van der Waals surface area (Å²) in [5.41, 5.74) is -3.68. The molecule has 0 aliphatic carbocycles. The summed E-state index contributed by atoms with van der Waals surface area (Å²) in [4.78, 5) is 35.0. The van der Waals surface area contributed by atoms with Crippen LogP contribution >= 0.6 is 0 Å². The maximum atomic E-state index is 12.9. The molecule has 0 radical (unpaired) electrons. The molecule has 0 saturated carbocycles. The number of carbonyl (C=O) groups excluding carboxylic acids is 1. The van der Waals surface area contributed by atoms with Crippen molar-refractivity contribution < 1.29 is 35.9 Å². The van der Waals surface area contributed by atoms with E-state index in [9.17, 15) is 35.9 Å². The second-order valence-electron chi connectivity index (χ2n) is 7.35. The van der Waals surface area contributed by atoms with E-state index in [4.69, 9.17) is 4.74 Å². The molecule has 1 aliphatic rings. The molecule has 3 heterocycles. The fraction of sp³-hybridized carbons (Fsp3) is 0.526. The molecule has 2 aromatic heterocycles. The van der Waals surface area contributed by atoms with E-state index < -0.39 is 35.3 Å². The normalized spacial score (nSPS) is 16.0. The third-order valence-corrected chi connectivity index (χ3v) is 5.08. The van der Waals surface area contributed by atoms with Gasteiger partial charge in [0.2, 0.25) is 11.9 Å². The van der Waals surface area contributed by atoms with Crippen molar-refractivity contribution >= 4 is 11.9 Å². The first-order chi connectivity index (χ1) is 15.9. The molecule has 0 spiro atoms. The van der Waals surface area contributed by atoms with Crippen molar-refractivity contribution in [3.05, 3.63) is 46.1 Å². The lowest BCUT2D eigenvalue weighted by Gasteiger charge is -2.34. The molecule has 9 nitrogen and oxygen atoms in total. The minimum atomic E-state index is -4.83. The van der Waals surface area contributed by atoms with Crippen LogP contribution in [0.3, 0.4) is 0 Å². The second-order valence-corrected chi connectivity index (χ2v) is 7.35. The third kappa shape index (κ3) is 6.01. The lowest BCUT2D eigenvalue weighted by molar-refractivity contribution is -0.140. The Bertz CT molecular complexity index is 1050. The molecule has 0 N–H and O–H groups in total. The van der Waals surface area contributed by atoms with Gasteiger partial charge in [0.05, 0.1) is 18.6 Å². The Labute approximate surface area is 189 Å². The molecule has 1 saturated heterocycles. The summed E-state index contributed by atoms with van der Waals surface area (Å²) in [6, 6.07) is 0.574. The minimum absolute atomic E-state index is 0.0885. The number of ether oxygens (including phenoxy) is 1. The van der Waals surface area contributed by atoms with Gasteiger partial charge in [-0.2, -0.15) is 31.4 Å². The van der Waals surface area contributed by atoms with Gasteiger partial charge in [0.1, 0.15) is 5.56 Å².